The van der Waals surface area contributed by atoms with Gasteiger partial charge in [-0.2, -0.15) is 0 Å². The standard InChI is InChI=1S/C31H21N3O5S/c35-27(19-8-5-9-20(17-19)34(38)39)25-26(28(36)24-13-6-16-40-24)33-15-14-18-7-1-2-10-21(18)29(33)31(25)22-11-3-4-12-23(22)32-30(31)37/h1-17,25-26,29H,(H,32,37)/t25-,26+,29+,31+/m0/s1. The highest BCUT2D eigenvalue weighted by Gasteiger charge is 2.70. The monoisotopic (exact) mass is 547 g/mol. The van der Waals surface area contributed by atoms with Crippen LogP contribution in [-0.4, -0.2) is 33.3 Å². The van der Waals surface area contributed by atoms with Gasteiger partial charge in [0.1, 0.15) is 11.5 Å². The van der Waals surface area contributed by atoms with E-state index in [4.69, 9.17) is 0 Å². The molecular weight excluding hydrogens is 526 g/mol. The van der Waals surface area contributed by atoms with Gasteiger partial charge in [-0.3, -0.25) is 24.5 Å². The average molecular weight is 548 g/mol. The van der Waals surface area contributed by atoms with Crippen LogP contribution in [0.1, 0.15) is 42.8 Å². The summed E-state index contributed by atoms with van der Waals surface area (Å²) in [5, 5.41) is 16.4. The summed E-state index contributed by atoms with van der Waals surface area (Å²) in [5.41, 5.74) is 1.30. The number of para-hydroxylation sites is 1. The lowest BCUT2D eigenvalue weighted by molar-refractivity contribution is -0.384. The summed E-state index contributed by atoms with van der Waals surface area (Å²) in [7, 11) is 0. The summed E-state index contributed by atoms with van der Waals surface area (Å²) in [5.74, 6) is -2.32. The zero-order valence-electron chi connectivity index (χ0n) is 20.9. The van der Waals surface area contributed by atoms with Gasteiger partial charge in [0, 0.05) is 29.6 Å². The summed E-state index contributed by atoms with van der Waals surface area (Å²) in [6.07, 6.45) is 3.70. The molecule has 0 bridgehead atoms. The van der Waals surface area contributed by atoms with Crippen LogP contribution in [0.4, 0.5) is 11.4 Å². The van der Waals surface area contributed by atoms with E-state index in [1.54, 1.807) is 29.8 Å². The second-order valence-corrected chi connectivity index (χ2v) is 11.0. The van der Waals surface area contributed by atoms with Crippen molar-refractivity contribution in [1.29, 1.82) is 0 Å². The SMILES string of the molecule is O=C(c1cccc([N+](=O)[O-])c1)[C@@H]1[C@H](C(=O)c2cccs2)N2C=Cc3ccccc3[C@@H]2[C@]12C(=O)Nc1ccccc12. The molecule has 4 atom stereocenters. The number of non-ortho nitro benzene ring substituents is 1. The van der Waals surface area contributed by atoms with Crippen LogP contribution in [0.25, 0.3) is 6.08 Å². The van der Waals surface area contributed by atoms with Crippen molar-refractivity contribution in [1.82, 2.24) is 4.90 Å². The van der Waals surface area contributed by atoms with E-state index < -0.39 is 34.1 Å². The van der Waals surface area contributed by atoms with Crippen molar-refractivity contribution < 1.29 is 19.3 Å². The fourth-order valence-corrected chi connectivity index (χ4v) is 7.38. The molecule has 1 fully saturated rings. The molecule has 7 rings (SSSR count). The zero-order chi connectivity index (χ0) is 27.6. The van der Waals surface area contributed by atoms with Gasteiger partial charge in [-0.1, -0.05) is 60.7 Å². The number of anilines is 1. The highest BCUT2D eigenvalue weighted by Crippen LogP contribution is 2.62. The van der Waals surface area contributed by atoms with E-state index in [1.165, 1.54) is 35.6 Å². The van der Waals surface area contributed by atoms with Crippen LogP contribution >= 0.6 is 11.3 Å². The van der Waals surface area contributed by atoms with Crippen molar-refractivity contribution in [2.45, 2.75) is 17.5 Å². The molecule has 3 aliphatic heterocycles. The van der Waals surface area contributed by atoms with Gasteiger partial charge in [-0.05, 0) is 40.3 Å². The molecule has 4 aromatic rings. The van der Waals surface area contributed by atoms with Gasteiger partial charge in [0.25, 0.3) is 5.69 Å². The lowest BCUT2D eigenvalue weighted by atomic mass is 9.62. The average Bonchev–Trinajstić information content (AvgIpc) is 3.69. The van der Waals surface area contributed by atoms with Crippen LogP contribution < -0.4 is 5.32 Å². The number of carbonyl (C=O) groups excluding carboxylic acids is 3. The van der Waals surface area contributed by atoms with Crippen molar-refractivity contribution in [3.05, 3.63) is 134 Å². The number of Topliss-reactive ketones (excluding diaryl/α,β-unsaturated/α-hetero) is 2. The minimum Gasteiger partial charge on any atom is -0.358 e. The Labute approximate surface area is 232 Å². The van der Waals surface area contributed by atoms with Crippen LogP contribution in [-0.2, 0) is 10.2 Å². The number of ketones is 2. The van der Waals surface area contributed by atoms with Crippen LogP contribution in [0.2, 0.25) is 0 Å². The van der Waals surface area contributed by atoms with Crippen LogP contribution in [0.3, 0.4) is 0 Å². The Hall–Kier alpha value is -4.89. The molecule has 0 unspecified atom stereocenters. The number of carbonyl (C=O) groups is 3. The smallest absolute Gasteiger partial charge is 0.270 e. The first kappa shape index (κ1) is 24.2. The van der Waals surface area contributed by atoms with Crippen LogP contribution in [0, 0.1) is 16.0 Å². The van der Waals surface area contributed by atoms with E-state index in [1.807, 2.05) is 53.4 Å². The third-order valence-corrected chi connectivity index (χ3v) is 9.11. The van der Waals surface area contributed by atoms with Gasteiger partial charge < -0.3 is 10.2 Å². The Morgan fingerprint density at radius 2 is 1.75 bits per heavy atom. The van der Waals surface area contributed by atoms with E-state index in [-0.39, 0.29) is 22.9 Å². The molecule has 3 aliphatic rings. The molecule has 4 heterocycles. The maximum Gasteiger partial charge on any atom is 0.270 e. The molecule has 1 aromatic heterocycles. The van der Waals surface area contributed by atoms with Gasteiger partial charge in [0.2, 0.25) is 5.91 Å². The molecule has 1 spiro atoms. The number of nitro benzene ring substituents is 1. The first-order valence-electron chi connectivity index (χ1n) is 12.7. The fraction of sp³-hybridized carbons (Fsp3) is 0.129. The third kappa shape index (κ3) is 3.21. The summed E-state index contributed by atoms with van der Waals surface area (Å²) < 4.78 is 0. The Kier molecular flexibility index (Phi) is 5.33. The normalized spacial score (nSPS) is 23.9. The van der Waals surface area contributed by atoms with Crippen molar-refractivity contribution in [3.63, 3.8) is 0 Å². The molecule has 1 amide bonds. The number of nitro groups is 1. The predicted octanol–water partition coefficient (Wildman–Crippen LogP) is 5.64. The molecule has 40 heavy (non-hydrogen) atoms. The van der Waals surface area contributed by atoms with E-state index >= 15 is 0 Å². The highest BCUT2D eigenvalue weighted by atomic mass is 32.1. The van der Waals surface area contributed by atoms with Crippen LogP contribution in [0.15, 0.2) is 96.5 Å². The number of thiophene rings is 1. The topological polar surface area (TPSA) is 110 Å². The molecule has 9 heteroatoms. The summed E-state index contributed by atoms with van der Waals surface area (Å²) in [6, 6.07) is 22.2. The summed E-state index contributed by atoms with van der Waals surface area (Å²) >= 11 is 1.27. The summed E-state index contributed by atoms with van der Waals surface area (Å²) in [6.45, 7) is 0. The zero-order valence-corrected chi connectivity index (χ0v) is 21.7. The second kappa shape index (κ2) is 8.82. The Bertz CT molecular complexity index is 1760. The van der Waals surface area contributed by atoms with Crippen molar-refractivity contribution in [2.75, 3.05) is 5.32 Å². The van der Waals surface area contributed by atoms with E-state index in [9.17, 15) is 24.5 Å². The molecule has 196 valence electrons. The minimum atomic E-state index is -1.48. The summed E-state index contributed by atoms with van der Waals surface area (Å²) in [4.78, 5) is 56.7. The van der Waals surface area contributed by atoms with Gasteiger partial charge in [-0.25, -0.2) is 0 Å². The predicted molar refractivity (Wildman–Crippen MR) is 150 cm³/mol. The molecule has 0 radical (unpaired) electrons. The molecular formula is C31H21N3O5S. The first-order valence-corrected chi connectivity index (χ1v) is 13.6. The molecule has 1 saturated heterocycles. The lowest BCUT2D eigenvalue weighted by Crippen LogP contribution is -2.49. The van der Waals surface area contributed by atoms with Crippen molar-refractivity contribution in [3.8, 4) is 0 Å². The molecule has 0 aliphatic carbocycles. The Morgan fingerprint density at radius 3 is 2.55 bits per heavy atom. The highest BCUT2D eigenvalue weighted by molar-refractivity contribution is 7.12. The Morgan fingerprint density at radius 1 is 0.950 bits per heavy atom. The number of rotatable bonds is 5. The van der Waals surface area contributed by atoms with E-state index in [0.29, 0.717) is 16.1 Å². The van der Waals surface area contributed by atoms with Gasteiger partial charge in [-0.15, -0.1) is 11.3 Å². The van der Waals surface area contributed by atoms with Crippen LogP contribution in [0.5, 0.6) is 0 Å². The van der Waals surface area contributed by atoms with Crippen molar-refractivity contribution >= 4 is 46.3 Å². The Balaban J connectivity index is 1.54. The second-order valence-electron chi connectivity index (χ2n) is 10.1. The number of nitrogens with zero attached hydrogens (tertiary/aromatic N) is 2. The maximum absolute atomic E-state index is 14.7. The quantitative estimate of drug-likeness (QED) is 0.197. The number of hydrogen-bond acceptors (Lipinski definition) is 7. The molecule has 1 N–H and O–H groups in total. The lowest BCUT2D eigenvalue weighted by Gasteiger charge is -2.38. The minimum absolute atomic E-state index is 0.0804. The number of hydrogen-bond donors (Lipinski definition) is 1. The van der Waals surface area contributed by atoms with E-state index in [2.05, 4.69) is 5.32 Å². The number of benzene rings is 3. The van der Waals surface area contributed by atoms with Gasteiger partial charge in [0.15, 0.2) is 11.6 Å². The molecule has 8 nitrogen and oxygen atoms in total. The number of fused-ring (bicyclic) bond motifs is 6. The largest absolute Gasteiger partial charge is 0.358 e. The van der Waals surface area contributed by atoms with E-state index in [0.717, 1.165) is 11.1 Å². The maximum atomic E-state index is 14.7. The molecule has 0 saturated carbocycles. The molecule has 3 aromatic carbocycles. The van der Waals surface area contributed by atoms with Gasteiger partial charge in [0.05, 0.1) is 21.8 Å². The van der Waals surface area contributed by atoms with Gasteiger partial charge >= 0.3 is 0 Å². The van der Waals surface area contributed by atoms with Crippen molar-refractivity contribution in [2.24, 2.45) is 5.92 Å². The first-order chi connectivity index (χ1) is 19.4. The number of nitrogens with one attached hydrogen (secondary N) is 1. The third-order valence-electron chi connectivity index (χ3n) is 8.23. The number of amides is 1. The fourth-order valence-electron chi connectivity index (χ4n) is 6.68.